The molecule has 3 aliphatic rings. The molecule has 0 radical (unpaired) electrons. The van der Waals surface area contributed by atoms with E-state index in [9.17, 15) is 27.9 Å². The molecule has 2 aromatic heterocycles. The second-order valence-corrected chi connectivity index (χ2v) is 10.4. The molecular weight excluding hydrogens is 525 g/mol. The molecule has 1 aromatic carbocycles. The Hall–Kier alpha value is -4.35. The van der Waals surface area contributed by atoms with Crippen LogP contribution in [-0.4, -0.2) is 61.1 Å². The number of carbonyl (C=O) groups is 2. The van der Waals surface area contributed by atoms with E-state index >= 15 is 0 Å². The Labute approximate surface area is 227 Å². The van der Waals surface area contributed by atoms with Crippen LogP contribution in [0.5, 0.6) is 5.75 Å². The van der Waals surface area contributed by atoms with Gasteiger partial charge in [-0.2, -0.15) is 18.3 Å². The van der Waals surface area contributed by atoms with Crippen LogP contribution in [0.25, 0.3) is 5.69 Å². The van der Waals surface area contributed by atoms with Crippen molar-refractivity contribution >= 4 is 17.5 Å². The average Bonchev–Trinajstić information content (AvgIpc) is 3.73. The summed E-state index contributed by atoms with van der Waals surface area (Å²) in [5.41, 5.74) is 8.11. The summed E-state index contributed by atoms with van der Waals surface area (Å²) in [4.78, 5) is 32.9. The highest BCUT2D eigenvalue weighted by molar-refractivity contribution is 5.99. The number of alkyl halides is 3. The SMILES string of the molecule is C=CC(=O)N1CCc2nn(-c3ccc(C4CC4)cc3O)c3c2C(C1)N(C(=O)c1cnc(C(F)(F)F)cc1N)CC3. The summed E-state index contributed by atoms with van der Waals surface area (Å²) in [7, 11) is 0. The first-order valence-corrected chi connectivity index (χ1v) is 13.1. The Bertz CT molecular complexity index is 1540. The van der Waals surface area contributed by atoms with Crippen LogP contribution in [0.1, 0.15) is 63.4 Å². The largest absolute Gasteiger partial charge is 0.506 e. The normalized spacial score (nSPS) is 18.7. The van der Waals surface area contributed by atoms with Crippen molar-refractivity contribution in [3.63, 3.8) is 0 Å². The summed E-state index contributed by atoms with van der Waals surface area (Å²) in [6.07, 6.45) is 0.347. The van der Waals surface area contributed by atoms with Gasteiger partial charge in [-0.1, -0.05) is 12.6 Å². The van der Waals surface area contributed by atoms with Gasteiger partial charge >= 0.3 is 6.18 Å². The molecule has 3 aromatic rings. The monoisotopic (exact) mass is 552 g/mol. The molecule has 9 nitrogen and oxygen atoms in total. The van der Waals surface area contributed by atoms with Crippen molar-refractivity contribution in [3.05, 3.63) is 76.9 Å². The number of anilines is 1. The molecule has 3 N–H and O–H groups in total. The van der Waals surface area contributed by atoms with Gasteiger partial charge in [0, 0.05) is 49.9 Å². The van der Waals surface area contributed by atoms with Crippen molar-refractivity contribution in [1.82, 2.24) is 24.6 Å². The number of halogens is 3. The third kappa shape index (κ3) is 4.37. The Morgan fingerprint density at radius 3 is 2.58 bits per heavy atom. The minimum Gasteiger partial charge on any atom is -0.506 e. The number of nitrogen functional groups attached to an aromatic ring is 1. The van der Waals surface area contributed by atoms with Gasteiger partial charge in [0.1, 0.15) is 17.1 Å². The van der Waals surface area contributed by atoms with E-state index in [0.717, 1.165) is 35.9 Å². The van der Waals surface area contributed by atoms with E-state index in [2.05, 4.69) is 11.6 Å². The zero-order chi connectivity index (χ0) is 28.3. The van der Waals surface area contributed by atoms with Crippen LogP contribution < -0.4 is 5.73 Å². The van der Waals surface area contributed by atoms with E-state index in [1.807, 2.05) is 12.1 Å². The van der Waals surface area contributed by atoms with Gasteiger partial charge in [0.15, 0.2) is 0 Å². The highest BCUT2D eigenvalue weighted by Crippen LogP contribution is 2.43. The molecule has 1 fully saturated rings. The maximum Gasteiger partial charge on any atom is 0.433 e. The first kappa shape index (κ1) is 25.9. The van der Waals surface area contributed by atoms with Gasteiger partial charge in [-0.3, -0.25) is 14.6 Å². The molecule has 208 valence electrons. The van der Waals surface area contributed by atoms with Crippen LogP contribution in [0.4, 0.5) is 18.9 Å². The van der Waals surface area contributed by atoms with Crippen molar-refractivity contribution in [2.45, 2.75) is 43.8 Å². The second-order valence-electron chi connectivity index (χ2n) is 10.4. The number of carbonyl (C=O) groups excluding carboxylic acids is 2. The lowest BCUT2D eigenvalue weighted by atomic mass is 9.94. The number of phenols is 1. The van der Waals surface area contributed by atoms with Crippen LogP contribution in [0.15, 0.2) is 43.1 Å². The smallest absolute Gasteiger partial charge is 0.433 e. The van der Waals surface area contributed by atoms with Crippen molar-refractivity contribution < 1.29 is 27.9 Å². The zero-order valence-corrected chi connectivity index (χ0v) is 21.5. The van der Waals surface area contributed by atoms with Crippen molar-refractivity contribution in [1.29, 1.82) is 0 Å². The number of pyridine rings is 1. The number of amides is 2. The highest BCUT2D eigenvalue weighted by Gasteiger charge is 2.41. The Morgan fingerprint density at radius 1 is 1.15 bits per heavy atom. The maximum atomic E-state index is 13.7. The second kappa shape index (κ2) is 9.39. The Kier molecular flexibility index (Phi) is 6.08. The zero-order valence-electron chi connectivity index (χ0n) is 21.5. The van der Waals surface area contributed by atoms with Gasteiger partial charge in [-0.05, 0) is 48.6 Å². The molecule has 1 saturated carbocycles. The van der Waals surface area contributed by atoms with Crippen LogP contribution in [-0.2, 0) is 23.8 Å². The summed E-state index contributed by atoms with van der Waals surface area (Å²) in [5.74, 6) is -0.309. The predicted octanol–water partition coefficient (Wildman–Crippen LogP) is 3.76. The molecule has 0 bridgehead atoms. The van der Waals surface area contributed by atoms with Crippen LogP contribution in [0.3, 0.4) is 0 Å². The van der Waals surface area contributed by atoms with Gasteiger partial charge in [-0.15, -0.1) is 0 Å². The molecule has 1 aliphatic carbocycles. The average molecular weight is 553 g/mol. The lowest BCUT2D eigenvalue weighted by Gasteiger charge is -2.38. The summed E-state index contributed by atoms with van der Waals surface area (Å²) < 4.78 is 41.1. The third-order valence-corrected chi connectivity index (χ3v) is 7.89. The lowest BCUT2D eigenvalue weighted by molar-refractivity contribution is -0.141. The van der Waals surface area contributed by atoms with Gasteiger partial charge < -0.3 is 20.6 Å². The number of aromatic hydroxyl groups is 1. The third-order valence-electron chi connectivity index (χ3n) is 7.89. The van der Waals surface area contributed by atoms with E-state index in [1.54, 1.807) is 15.6 Å². The summed E-state index contributed by atoms with van der Waals surface area (Å²) in [6, 6.07) is 5.63. The minimum absolute atomic E-state index is 0.112. The fraction of sp³-hybridized carbons (Fsp3) is 0.357. The van der Waals surface area contributed by atoms with Crippen molar-refractivity contribution in [2.24, 2.45) is 0 Å². The standard InChI is InChI=1S/C28H27F3N6O3/c1-2-25(39)35-9-7-19-26-21(37(34-19)20-6-5-16(11-23(20)38)15-3-4-15)8-10-36(22(26)14-35)27(40)17-13-33-24(12-18(17)32)28(29,30)31/h2,5-6,11-13,15,22,38H,1,3-4,7-10,14H2,(H2,32,33). The number of benzene rings is 1. The number of hydrogen-bond acceptors (Lipinski definition) is 6. The number of rotatable bonds is 4. The molecule has 12 heteroatoms. The van der Waals surface area contributed by atoms with E-state index < -0.39 is 23.8 Å². The Balaban J connectivity index is 1.41. The number of hydrogen-bond donors (Lipinski definition) is 2. The van der Waals surface area contributed by atoms with Crippen molar-refractivity contribution in [3.8, 4) is 11.4 Å². The molecule has 0 spiro atoms. The van der Waals surface area contributed by atoms with E-state index in [0.29, 0.717) is 42.8 Å². The fourth-order valence-corrected chi connectivity index (χ4v) is 5.72. The summed E-state index contributed by atoms with van der Waals surface area (Å²) >= 11 is 0. The van der Waals surface area contributed by atoms with E-state index in [-0.39, 0.29) is 36.0 Å². The number of phenolic OH excluding ortho intramolecular Hbond substituents is 1. The molecule has 0 saturated heterocycles. The topological polar surface area (TPSA) is 118 Å². The van der Waals surface area contributed by atoms with E-state index in [1.165, 1.54) is 11.0 Å². The maximum absolute atomic E-state index is 13.7. The van der Waals surface area contributed by atoms with Gasteiger partial charge in [0.25, 0.3) is 5.91 Å². The predicted molar refractivity (Wildman–Crippen MR) is 139 cm³/mol. The Morgan fingerprint density at radius 2 is 1.93 bits per heavy atom. The molecule has 1 unspecified atom stereocenters. The molecule has 2 amide bonds. The molecule has 40 heavy (non-hydrogen) atoms. The van der Waals surface area contributed by atoms with Crippen molar-refractivity contribution in [2.75, 3.05) is 25.4 Å². The fourth-order valence-electron chi connectivity index (χ4n) is 5.72. The summed E-state index contributed by atoms with van der Waals surface area (Å²) in [5, 5.41) is 15.7. The number of aromatic nitrogens is 3. The number of nitrogens with two attached hydrogens (primary N) is 1. The van der Waals surface area contributed by atoms with Gasteiger partial charge in [0.2, 0.25) is 5.91 Å². The molecule has 1 atom stereocenters. The summed E-state index contributed by atoms with van der Waals surface area (Å²) in [6.45, 7) is 4.25. The first-order valence-electron chi connectivity index (χ1n) is 13.1. The van der Waals surface area contributed by atoms with Crippen LogP contribution >= 0.6 is 0 Å². The molecule has 2 aliphatic heterocycles. The molecular formula is C28H27F3N6O3. The molecule has 4 heterocycles. The molecule has 6 rings (SSSR count). The quantitative estimate of drug-likeness (QED) is 0.476. The van der Waals surface area contributed by atoms with Gasteiger partial charge in [-0.25, -0.2) is 4.68 Å². The first-order chi connectivity index (χ1) is 19.1. The van der Waals surface area contributed by atoms with Gasteiger partial charge in [0.05, 0.1) is 23.0 Å². The number of nitrogens with zero attached hydrogens (tertiary/aromatic N) is 5. The van der Waals surface area contributed by atoms with Crippen LogP contribution in [0, 0.1) is 0 Å². The minimum atomic E-state index is -4.70. The lowest BCUT2D eigenvalue weighted by Crippen LogP contribution is -2.46. The highest BCUT2D eigenvalue weighted by atomic mass is 19.4. The van der Waals surface area contributed by atoms with Crippen LogP contribution in [0.2, 0.25) is 0 Å². The van der Waals surface area contributed by atoms with E-state index in [4.69, 9.17) is 10.8 Å².